The number of nitrogens with zero attached hydrogens (tertiary/aromatic N) is 1. The Bertz CT molecular complexity index is 646. The highest BCUT2D eigenvalue weighted by atomic mass is 127. The number of carbonyl (C=O) groups is 1. The molecule has 0 saturated carbocycles. The number of rotatable bonds is 3. The molecule has 0 saturated heterocycles. The van der Waals surface area contributed by atoms with E-state index in [0.29, 0.717) is 6.54 Å². The summed E-state index contributed by atoms with van der Waals surface area (Å²) in [6, 6.07) is 13.7. The molecule has 0 fully saturated rings. The maximum atomic E-state index is 12.5. The van der Waals surface area contributed by atoms with Gasteiger partial charge in [-0.2, -0.15) is 0 Å². The molecule has 2 aromatic carbocycles. The summed E-state index contributed by atoms with van der Waals surface area (Å²) in [5, 5.41) is 0. The highest BCUT2D eigenvalue weighted by molar-refractivity contribution is 14.1. The van der Waals surface area contributed by atoms with Gasteiger partial charge in [-0.05, 0) is 58.5 Å². The first-order chi connectivity index (χ1) is 9.47. The Balaban J connectivity index is 2.18. The maximum absolute atomic E-state index is 12.5. The van der Waals surface area contributed by atoms with Crippen LogP contribution >= 0.6 is 54.5 Å². The van der Waals surface area contributed by atoms with Gasteiger partial charge in [-0.25, -0.2) is 0 Å². The number of amides is 1. The molecule has 0 aliphatic heterocycles. The molecule has 104 valence electrons. The Morgan fingerprint density at radius 2 is 1.85 bits per heavy atom. The Morgan fingerprint density at radius 1 is 1.15 bits per heavy atom. The van der Waals surface area contributed by atoms with Crippen molar-refractivity contribution in [2.24, 2.45) is 0 Å². The molecule has 2 nitrogen and oxygen atoms in total. The van der Waals surface area contributed by atoms with Gasteiger partial charge in [0.15, 0.2) is 0 Å². The average Bonchev–Trinajstić information content (AvgIpc) is 2.40. The van der Waals surface area contributed by atoms with Crippen molar-refractivity contribution < 1.29 is 4.79 Å². The van der Waals surface area contributed by atoms with Gasteiger partial charge in [-0.1, -0.05) is 44.0 Å². The van der Waals surface area contributed by atoms with Crippen molar-refractivity contribution in [3.63, 3.8) is 0 Å². The van der Waals surface area contributed by atoms with E-state index >= 15 is 0 Å². The fraction of sp³-hybridized carbons (Fsp3) is 0.133. The number of hydrogen-bond acceptors (Lipinski definition) is 1. The van der Waals surface area contributed by atoms with E-state index < -0.39 is 0 Å². The van der Waals surface area contributed by atoms with Crippen LogP contribution < -0.4 is 0 Å². The van der Waals surface area contributed by atoms with Gasteiger partial charge < -0.3 is 4.90 Å². The predicted molar refractivity (Wildman–Crippen MR) is 96.8 cm³/mol. The SMILES string of the molecule is CN(Cc1cccc(Br)c1)C(=O)c1cc(Br)ccc1I. The third-order valence-corrected chi connectivity index (χ3v) is 4.74. The highest BCUT2D eigenvalue weighted by Gasteiger charge is 2.15. The van der Waals surface area contributed by atoms with Gasteiger partial charge in [-0.15, -0.1) is 0 Å². The minimum Gasteiger partial charge on any atom is -0.337 e. The van der Waals surface area contributed by atoms with Crippen molar-refractivity contribution in [1.29, 1.82) is 0 Å². The highest BCUT2D eigenvalue weighted by Crippen LogP contribution is 2.21. The van der Waals surface area contributed by atoms with E-state index in [-0.39, 0.29) is 5.91 Å². The van der Waals surface area contributed by atoms with E-state index in [0.717, 1.165) is 23.6 Å². The summed E-state index contributed by atoms with van der Waals surface area (Å²) in [4.78, 5) is 14.2. The molecule has 2 aromatic rings. The van der Waals surface area contributed by atoms with Crippen molar-refractivity contribution in [3.05, 3.63) is 66.1 Å². The molecule has 0 radical (unpaired) electrons. The normalized spacial score (nSPS) is 10.4. The zero-order valence-corrected chi connectivity index (χ0v) is 16.1. The standard InChI is InChI=1S/C15H12Br2INO/c1-19(9-10-3-2-4-11(16)7-10)15(20)13-8-12(17)5-6-14(13)18/h2-8H,9H2,1H3. The lowest BCUT2D eigenvalue weighted by Crippen LogP contribution is -2.26. The van der Waals surface area contributed by atoms with Gasteiger partial charge >= 0.3 is 0 Å². The lowest BCUT2D eigenvalue weighted by Gasteiger charge is -2.18. The zero-order chi connectivity index (χ0) is 14.7. The van der Waals surface area contributed by atoms with Crippen molar-refractivity contribution >= 4 is 60.4 Å². The monoisotopic (exact) mass is 507 g/mol. The summed E-state index contributed by atoms with van der Waals surface area (Å²) in [5.74, 6) is 0.0238. The molecule has 0 N–H and O–H groups in total. The number of carbonyl (C=O) groups excluding carboxylic acids is 1. The summed E-state index contributed by atoms with van der Waals surface area (Å²) < 4.78 is 2.89. The largest absolute Gasteiger partial charge is 0.337 e. The van der Waals surface area contributed by atoms with Crippen molar-refractivity contribution in [3.8, 4) is 0 Å². The van der Waals surface area contributed by atoms with Crippen LogP contribution in [0.4, 0.5) is 0 Å². The third kappa shape index (κ3) is 4.05. The Kier molecular flexibility index (Phi) is 5.63. The first-order valence-electron chi connectivity index (χ1n) is 5.92. The summed E-state index contributed by atoms with van der Waals surface area (Å²) in [7, 11) is 1.82. The fourth-order valence-electron chi connectivity index (χ4n) is 1.85. The van der Waals surface area contributed by atoms with Crippen LogP contribution in [0.15, 0.2) is 51.4 Å². The summed E-state index contributed by atoms with van der Waals surface area (Å²) in [6.45, 7) is 0.584. The van der Waals surface area contributed by atoms with Crippen LogP contribution in [0, 0.1) is 3.57 Å². The van der Waals surface area contributed by atoms with Gasteiger partial charge in [0.2, 0.25) is 0 Å². The molecule has 0 aliphatic carbocycles. The van der Waals surface area contributed by atoms with Crippen LogP contribution in [-0.2, 0) is 6.54 Å². The molecule has 0 aromatic heterocycles. The Hall–Kier alpha value is -0.400. The quantitative estimate of drug-likeness (QED) is 0.529. The van der Waals surface area contributed by atoms with E-state index in [1.165, 1.54) is 0 Å². The molecule has 0 spiro atoms. The van der Waals surface area contributed by atoms with Crippen molar-refractivity contribution in [2.45, 2.75) is 6.54 Å². The lowest BCUT2D eigenvalue weighted by molar-refractivity contribution is 0.0784. The van der Waals surface area contributed by atoms with Crippen LogP contribution in [0.1, 0.15) is 15.9 Å². The first kappa shape index (κ1) is 16.0. The molecule has 0 bridgehead atoms. The maximum Gasteiger partial charge on any atom is 0.255 e. The van der Waals surface area contributed by atoms with Crippen LogP contribution in [0.5, 0.6) is 0 Å². The number of benzene rings is 2. The minimum absolute atomic E-state index is 0.0238. The van der Waals surface area contributed by atoms with Crippen LogP contribution in [0.25, 0.3) is 0 Å². The molecular formula is C15H12Br2INO. The van der Waals surface area contributed by atoms with E-state index in [4.69, 9.17) is 0 Å². The fourth-order valence-corrected chi connectivity index (χ4v) is 3.22. The first-order valence-corrected chi connectivity index (χ1v) is 8.59. The smallest absolute Gasteiger partial charge is 0.255 e. The molecule has 0 heterocycles. The van der Waals surface area contributed by atoms with E-state index in [1.807, 2.05) is 49.5 Å². The predicted octanol–water partition coefficient (Wildman–Crippen LogP) is 5.09. The molecule has 0 unspecified atom stereocenters. The van der Waals surface area contributed by atoms with E-state index in [2.05, 4.69) is 54.5 Å². The van der Waals surface area contributed by atoms with Gasteiger partial charge in [0.05, 0.1) is 5.56 Å². The van der Waals surface area contributed by atoms with Crippen molar-refractivity contribution in [2.75, 3.05) is 7.05 Å². The number of halogens is 3. The van der Waals surface area contributed by atoms with Crippen LogP contribution in [0.3, 0.4) is 0 Å². The summed E-state index contributed by atoms with van der Waals surface area (Å²) in [5.41, 5.74) is 1.82. The van der Waals surface area contributed by atoms with Gasteiger partial charge in [0.1, 0.15) is 0 Å². The molecular weight excluding hydrogens is 497 g/mol. The summed E-state index contributed by atoms with van der Waals surface area (Å²) >= 11 is 9.04. The lowest BCUT2D eigenvalue weighted by atomic mass is 10.1. The van der Waals surface area contributed by atoms with Crippen LogP contribution in [0.2, 0.25) is 0 Å². The Morgan fingerprint density at radius 3 is 2.55 bits per heavy atom. The van der Waals surface area contributed by atoms with Gasteiger partial charge in [0.25, 0.3) is 5.91 Å². The van der Waals surface area contributed by atoms with Crippen LogP contribution in [-0.4, -0.2) is 17.9 Å². The number of hydrogen-bond donors (Lipinski definition) is 0. The molecule has 0 aliphatic rings. The second-order valence-corrected chi connectivity index (χ2v) is 7.41. The van der Waals surface area contributed by atoms with Crippen molar-refractivity contribution in [1.82, 2.24) is 4.90 Å². The summed E-state index contributed by atoms with van der Waals surface area (Å²) in [6.07, 6.45) is 0. The minimum atomic E-state index is 0.0238. The second-order valence-electron chi connectivity index (χ2n) is 4.42. The third-order valence-electron chi connectivity index (χ3n) is 2.81. The molecule has 20 heavy (non-hydrogen) atoms. The molecule has 2 rings (SSSR count). The Labute approximate surface area is 149 Å². The molecule has 1 amide bonds. The van der Waals surface area contributed by atoms with E-state index in [9.17, 15) is 4.79 Å². The second kappa shape index (κ2) is 7.04. The van der Waals surface area contributed by atoms with Gasteiger partial charge in [0, 0.05) is 26.1 Å². The van der Waals surface area contributed by atoms with Gasteiger partial charge in [-0.3, -0.25) is 4.79 Å². The molecule has 5 heteroatoms. The topological polar surface area (TPSA) is 20.3 Å². The molecule has 0 atom stereocenters. The van der Waals surface area contributed by atoms with E-state index in [1.54, 1.807) is 4.90 Å². The average molecular weight is 509 g/mol. The zero-order valence-electron chi connectivity index (χ0n) is 10.7.